The molecule has 166 valence electrons. The monoisotopic (exact) mass is 445 g/mol. The normalized spacial score (nSPS) is 14.5. The highest BCUT2D eigenvalue weighted by Crippen LogP contribution is 2.32. The Morgan fingerprint density at radius 1 is 1.12 bits per heavy atom. The molecule has 6 nitrogen and oxygen atoms in total. The van der Waals surface area contributed by atoms with Gasteiger partial charge >= 0.3 is 0 Å². The molecule has 0 saturated carbocycles. The smallest absolute Gasteiger partial charge is 0.154 e. The maximum atomic E-state index is 15.1. The van der Waals surface area contributed by atoms with Crippen molar-refractivity contribution in [3.05, 3.63) is 83.7 Å². The number of hydrogen-bond acceptors (Lipinski definition) is 5. The van der Waals surface area contributed by atoms with Gasteiger partial charge in [0, 0.05) is 24.2 Å². The van der Waals surface area contributed by atoms with Gasteiger partial charge in [0.25, 0.3) is 0 Å². The number of fused-ring (bicyclic) bond motifs is 1. The minimum Gasteiger partial charge on any atom is -0.362 e. The molecule has 1 aliphatic rings. The van der Waals surface area contributed by atoms with Crippen LogP contribution in [0.5, 0.6) is 0 Å². The molecular weight excluding hydrogens is 424 g/mol. The first-order valence-corrected chi connectivity index (χ1v) is 10.7. The fourth-order valence-electron chi connectivity index (χ4n) is 4.16. The summed E-state index contributed by atoms with van der Waals surface area (Å²) in [6.07, 6.45) is 3.07. The van der Waals surface area contributed by atoms with Gasteiger partial charge in [0.1, 0.15) is 29.1 Å². The second-order valence-corrected chi connectivity index (χ2v) is 8.02. The molecule has 5 rings (SSSR count). The third-order valence-electron chi connectivity index (χ3n) is 5.85. The summed E-state index contributed by atoms with van der Waals surface area (Å²) in [5.41, 5.74) is 3.38. The lowest BCUT2D eigenvalue weighted by molar-refractivity contribution is 0.566. The highest BCUT2D eigenvalue weighted by atomic mass is 19.1. The highest BCUT2D eigenvalue weighted by molar-refractivity contribution is 5.70. The number of benzene rings is 2. The summed E-state index contributed by atoms with van der Waals surface area (Å²) in [5, 5.41) is 7.83. The van der Waals surface area contributed by atoms with Gasteiger partial charge in [-0.3, -0.25) is 0 Å². The molecule has 33 heavy (non-hydrogen) atoms. The van der Waals surface area contributed by atoms with Crippen LogP contribution in [0, 0.1) is 11.6 Å². The number of imidazole rings is 1. The lowest BCUT2D eigenvalue weighted by atomic mass is 10.1. The molecule has 8 heteroatoms. The predicted molar refractivity (Wildman–Crippen MR) is 123 cm³/mol. The lowest BCUT2D eigenvalue weighted by Gasteiger charge is -2.18. The summed E-state index contributed by atoms with van der Waals surface area (Å²) in [6, 6.07) is 14.6. The van der Waals surface area contributed by atoms with E-state index in [9.17, 15) is 9.18 Å². The summed E-state index contributed by atoms with van der Waals surface area (Å²) < 4.78 is 30.3. The molecule has 1 N–H and O–H groups in total. The molecule has 4 aromatic rings. The van der Waals surface area contributed by atoms with Crippen molar-refractivity contribution in [1.29, 1.82) is 0 Å². The van der Waals surface area contributed by atoms with Crippen LogP contribution in [0.2, 0.25) is 0 Å². The van der Waals surface area contributed by atoms with Crippen LogP contribution in [0.25, 0.3) is 16.9 Å². The Kier molecular flexibility index (Phi) is 5.36. The van der Waals surface area contributed by atoms with E-state index < -0.39 is 5.82 Å². The van der Waals surface area contributed by atoms with Crippen LogP contribution in [0.3, 0.4) is 0 Å². The number of aromatic nitrogens is 3. The van der Waals surface area contributed by atoms with E-state index in [4.69, 9.17) is 0 Å². The zero-order chi connectivity index (χ0) is 22.9. The molecule has 0 amide bonds. The summed E-state index contributed by atoms with van der Waals surface area (Å²) >= 11 is 0. The van der Waals surface area contributed by atoms with Gasteiger partial charge < -0.3 is 10.2 Å². The Morgan fingerprint density at radius 3 is 2.79 bits per heavy atom. The average Bonchev–Trinajstić information content (AvgIpc) is 3.46. The van der Waals surface area contributed by atoms with Crippen molar-refractivity contribution >= 4 is 23.1 Å². The quantitative estimate of drug-likeness (QED) is 0.430. The fraction of sp³-hybridized carbons (Fsp3) is 0.200. The molecular formula is C25H21F2N5O. The Hall–Kier alpha value is -4.03. The minimum atomic E-state index is -0.431. The molecule has 1 fully saturated rings. The van der Waals surface area contributed by atoms with Gasteiger partial charge in [-0.15, -0.1) is 5.10 Å². The van der Waals surface area contributed by atoms with E-state index in [2.05, 4.69) is 15.4 Å². The first-order chi connectivity index (χ1) is 16.0. The van der Waals surface area contributed by atoms with E-state index in [0.717, 1.165) is 12.0 Å². The molecule has 1 atom stereocenters. The Labute approximate surface area is 189 Å². The van der Waals surface area contributed by atoms with Crippen LogP contribution in [-0.4, -0.2) is 27.1 Å². The van der Waals surface area contributed by atoms with Gasteiger partial charge in [0.05, 0.1) is 17.9 Å². The van der Waals surface area contributed by atoms with Gasteiger partial charge in [-0.2, -0.15) is 0 Å². The standard InChI is InChI=1S/C25H21F2N5O/c1-16(17-4-2-5-18(26)12-17)29-24-9-10-25-28-14-23(32(25)30-24)21-8-7-19(13-22(21)27)31-11-3-6-20(31)15-33/h2,4-5,7-10,12-14,16H,3,6,11H2,1H3,(H,29,30). The Balaban J connectivity index is 1.46. The van der Waals surface area contributed by atoms with E-state index in [-0.39, 0.29) is 11.9 Å². The van der Waals surface area contributed by atoms with Crippen LogP contribution < -0.4 is 10.2 Å². The molecule has 1 aliphatic heterocycles. The molecule has 1 unspecified atom stereocenters. The topological polar surface area (TPSA) is 62.5 Å². The minimum absolute atomic E-state index is 0.186. The second-order valence-electron chi connectivity index (χ2n) is 8.02. The van der Waals surface area contributed by atoms with E-state index in [1.807, 2.05) is 18.9 Å². The lowest BCUT2D eigenvalue weighted by Crippen LogP contribution is -2.16. The highest BCUT2D eigenvalue weighted by Gasteiger charge is 2.21. The van der Waals surface area contributed by atoms with Gasteiger partial charge in [0.15, 0.2) is 5.65 Å². The van der Waals surface area contributed by atoms with Crippen molar-refractivity contribution in [2.24, 2.45) is 0 Å². The Bertz CT molecular complexity index is 1390. The van der Waals surface area contributed by atoms with Crippen LogP contribution >= 0.6 is 0 Å². The summed E-state index contributed by atoms with van der Waals surface area (Å²) in [7, 11) is 0. The molecule has 0 spiro atoms. The number of rotatable bonds is 5. The van der Waals surface area contributed by atoms with E-state index >= 15 is 4.39 Å². The molecule has 3 heterocycles. The van der Waals surface area contributed by atoms with Gasteiger partial charge in [-0.25, -0.2) is 23.1 Å². The molecule has 0 aliphatic carbocycles. The molecule has 1 saturated heterocycles. The largest absolute Gasteiger partial charge is 0.362 e. The van der Waals surface area contributed by atoms with E-state index in [0.29, 0.717) is 47.1 Å². The number of halogens is 2. The van der Waals surface area contributed by atoms with Crippen molar-refractivity contribution in [2.45, 2.75) is 25.8 Å². The predicted octanol–water partition coefficient (Wildman–Crippen LogP) is 5.16. The van der Waals surface area contributed by atoms with Crippen molar-refractivity contribution < 1.29 is 13.6 Å². The number of nitrogens with zero attached hydrogens (tertiary/aromatic N) is 4. The maximum Gasteiger partial charge on any atom is 0.154 e. The first kappa shape index (κ1) is 20.8. The zero-order valence-electron chi connectivity index (χ0n) is 17.9. The van der Waals surface area contributed by atoms with Gasteiger partial charge in [-0.05, 0) is 61.4 Å². The van der Waals surface area contributed by atoms with Crippen LogP contribution in [0.4, 0.5) is 20.3 Å². The fourth-order valence-corrected chi connectivity index (χ4v) is 4.16. The zero-order valence-corrected chi connectivity index (χ0v) is 17.9. The van der Waals surface area contributed by atoms with E-state index in [1.54, 1.807) is 45.9 Å². The van der Waals surface area contributed by atoms with Gasteiger partial charge in [-0.1, -0.05) is 12.1 Å². The van der Waals surface area contributed by atoms with Gasteiger partial charge in [0.2, 0.25) is 0 Å². The van der Waals surface area contributed by atoms with Crippen LogP contribution in [0.1, 0.15) is 31.4 Å². The van der Waals surface area contributed by atoms with Crippen molar-refractivity contribution in [3.8, 4) is 11.3 Å². The number of nitrogens with one attached hydrogen (secondary N) is 1. The van der Waals surface area contributed by atoms with Crippen LogP contribution in [0.15, 0.2) is 66.5 Å². The van der Waals surface area contributed by atoms with Crippen molar-refractivity contribution in [2.75, 3.05) is 16.8 Å². The van der Waals surface area contributed by atoms with Crippen molar-refractivity contribution in [3.63, 3.8) is 0 Å². The number of anilines is 2. The third-order valence-corrected chi connectivity index (χ3v) is 5.85. The number of carbonyl (C=O) groups excluding carboxylic acids is 1. The average molecular weight is 445 g/mol. The number of allylic oxidation sites excluding steroid dienone is 1. The number of hydrogen-bond donors (Lipinski definition) is 1. The summed E-state index contributed by atoms with van der Waals surface area (Å²) in [6.45, 7) is 2.58. The summed E-state index contributed by atoms with van der Waals surface area (Å²) in [4.78, 5) is 17.3. The van der Waals surface area contributed by atoms with Crippen molar-refractivity contribution in [1.82, 2.24) is 14.6 Å². The SMILES string of the molecule is CC(Nc1ccc2ncc(-c3ccc(N4CCCC4=C=O)cc3F)n2n1)c1cccc(F)c1. The molecule has 0 bridgehead atoms. The molecule has 2 aromatic carbocycles. The Morgan fingerprint density at radius 2 is 2.00 bits per heavy atom. The maximum absolute atomic E-state index is 15.1. The van der Waals surface area contributed by atoms with Crippen LogP contribution in [-0.2, 0) is 4.79 Å². The first-order valence-electron chi connectivity index (χ1n) is 10.7. The molecule has 2 aromatic heterocycles. The van der Waals surface area contributed by atoms with E-state index in [1.165, 1.54) is 18.2 Å². The third kappa shape index (κ3) is 3.97. The summed E-state index contributed by atoms with van der Waals surface area (Å²) in [5.74, 6) is 1.77. The molecule has 0 radical (unpaired) electrons. The second kappa shape index (κ2) is 8.48.